The zero-order valence-electron chi connectivity index (χ0n) is 13.5. The predicted molar refractivity (Wildman–Crippen MR) is 99.0 cm³/mol. The first kappa shape index (κ1) is 16.3. The largest absolute Gasteiger partial charge is 0.398 e. The molecule has 1 aromatic carbocycles. The molecule has 0 saturated heterocycles. The second kappa shape index (κ2) is 6.88. The number of aliphatic hydroxyl groups is 1. The fourth-order valence-corrected chi connectivity index (χ4v) is 3.21. The van der Waals surface area contributed by atoms with Crippen LogP contribution in [0.25, 0.3) is 16.6 Å². The predicted octanol–water partition coefficient (Wildman–Crippen LogP) is 2.48. The average molecular weight is 325 g/mol. The normalized spacial score (nSPS) is 21.6. The van der Waals surface area contributed by atoms with Gasteiger partial charge in [0.1, 0.15) is 5.82 Å². The summed E-state index contributed by atoms with van der Waals surface area (Å²) in [5.74, 6) is 0.419. The first-order chi connectivity index (χ1) is 11.6. The summed E-state index contributed by atoms with van der Waals surface area (Å²) < 4.78 is 0. The van der Waals surface area contributed by atoms with E-state index in [2.05, 4.69) is 10.3 Å². The third kappa shape index (κ3) is 3.33. The first-order valence-corrected chi connectivity index (χ1v) is 8.20. The molecule has 0 amide bonds. The van der Waals surface area contributed by atoms with Crippen molar-refractivity contribution < 1.29 is 5.11 Å². The van der Waals surface area contributed by atoms with Gasteiger partial charge in [0.05, 0.1) is 17.7 Å². The van der Waals surface area contributed by atoms with E-state index in [1.165, 1.54) is 6.08 Å². The Bertz CT molecular complexity index is 786. The Morgan fingerprint density at radius 2 is 2.08 bits per heavy atom. The molecule has 0 bridgehead atoms. The third-order valence-corrected chi connectivity index (χ3v) is 4.50. The number of rotatable bonds is 4. The third-order valence-electron chi connectivity index (χ3n) is 4.50. The van der Waals surface area contributed by atoms with E-state index in [0.717, 1.165) is 54.1 Å². The molecule has 1 fully saturated rings. The first-order valence-electron chi connectivity index (χ1n) is 8.20. The molecule has 3 rings (SSSR count). The lowest BCUT2D eigenvalue weighted by molar-refractivity contribution is 0.116. The van der Waals surface area contributed by atoms with Gasteiger partial charge >= 0.3 is 0 Å². The number of benzene rings is 1. The molecule has 1 saturated carbocycles. The van der Waals surface area contributed by atoms with E-state index in [1.54, 1.807) is 6.07 Å². The highest BCUT2D eigenvalue weighted by Gasteiger charge is 2.23. The van der Waals surface area contributed by atoms with Crippen LogP contribution in [0, 0.1) is 5.41 Å². The summed E-state index contributed by atoms with van der Waals surface area (Å²) in [4.78, 5) is 4.39. The zero-order valence-corrected chi connectivity index (χ0v) is 13.5. The smallest absolute Gasteiger partial charge is 0.126 e. The molecular formula is C18H23N5O. The maximum absolute atomic E-state index is 10.2. The Labute approximate surface area is 141 Å². The molecule has 1 heterocycles. The summed E-state index contributed by atoms with van der Waals surface area (Å²) in [6.07, 6.45) is 6.30. The molecule has 0 radical (unpaired) electrons. The van der Waals surface area contributed by atoms with Crippen LogP contribution < -0.4 is 16.8 Å². The van der Waals surface area contributed by atoms with Gasteiger partial charge in [0.2, 0.25) is 0 Å². The van der Waals surface area contributed by atoms with Gasteiger partial charge in [0, 0.05) is 29.1 Å². The number of nitrogens with one attached hydrogen (secondary N) is 2. The summed E-state index contributed by atoms with van der Waals surface area (Å²) in [6, 6.07) is 7.55. The van der Waals surface area contributed by atoms with Crippen molar-refractivity contribution in [3.05, 3.63) is 35.9 Å². The molecule has 6 nitrogen and oxygen atoms in total. The minimum absolute atomic E-state index is 0.0336. The Morgan fingerprint density at radius 1 is 1.29 bits per heavy atom. The fraction of sp³-hybridized carbons (Fsp3) is 0.333. The lowest BCUT2D eigenvalue weighted by Gasteiger charge is -2.29. The van der Waals surface area contributed by atoms with E-state index in [4.69, 9.17) is 16.9 Å². The molecule has 24 heavy (non-hydrogen) atoms. The molecule has 7 N–H and O–H groups in total. The van der Waals surface area contributed by atoms with Crippen molar-refractivity contribution in [2.24, 2.45) is 5.73 Å². The van der Waals surface area contributed by atoms with Crippen molar-refractivity contribution in [1.82, 2.24) is 4.98 Å². The summed E-state index contributed by atoms with van der Waals surface area (Å²) in [5.41, 5.74) is 14.8. The monoisotopic (exact) mass is 325 g/mol. The molecule has 2 atom stereocenters. The Morgan fingerprint density at radius 3 is 2.83 bits per heavy atom. The number of nitrogen functional groups attached to an aromatic ring is 1. The van der Waals surface area contributed by atoms with Crippen LogP contribution in [0.3, 0.4) is 0 Å². The van der Waals surface area contributed by atoms with Crippen LogP contribution in [0.15, 0.2) is 30.3 Å². The van der Waals surface area contributed by atoms with Crippen molar-refractivity contribution in [2.45, 2.75) is 37.8 Å². The number of pyridine rings is 1. The number of allylic oxidation sites excluding steroid dienone is 1. The molecule has 2 unspecified atom stereocenters. The summed E-state index contributed by atoms with van der Waals surface area (Å²) in [6.45, 7) is 0. The second-order valence-electron chi connectivity index (χ2n) is 6.22. The number of nitrogens with zero attached hydrogens (tertiary/aromatic N) is 1. The van der Waals surface area contributed by atoms with Gasteiger partial charge in [-0.2, -0.15) is 0 Å². The fourth-order valence-electron chi connectivity index (χ4n) is 3.21. The van der Waals surface area contributed by atoms with E-state index in [9.17, 15) is 5.11 Å². The average Bonchev–Trinajstić information content (AvgIpc) is 2.56. The number of aliphatic hydroxyl groups excluding tert-OH is 1. The van der Waals surface area contributed by atoms with Crippen LogP contribution in [-0.2, 0) is 0 Å². The standard InChI is InChI=1S/C18H23N5O/c19-8-7-13(20)11-5-6-12-15(9-11)23-18(21)10-16(12)22-14-3-1-2-4-17(14)24/h5-10,14,17,19,24H,1-4,20H2,(H3,21,22,23)/b13-7-,19-8?. The molecule has 1 aromatic heterocycles. The van der Waals surface area contributed by atoms with Gasteiger partial charge < -0.3 is 27.3 Å². The minimum atomic E-state index is -0.339. The molecular weight excluding hydrogens is 302 g/mol. The number of hydrogen-bond acceptors (Lipinski definition) is 6. The number of aromatic nitrogens is 1. The maximum atomic E-state index is 10.2. The maximum Gasteiger partial charge on any atom is 0.126 e. The Balaban J connectivity index is 1.99. The van der Waals surface area contributed by atoms with Crippen LogP contribution in [0.4, 0.5) is 11.5 Å². The lowest BCUT2D eigenvalue weighted by atomic mass is 9.92. The molecule has 6 heteroatoms. The summed E-state index contributed by atoms with van der Waals surface area (Å²) in [7, 11) is 0. The molecule has 1 aliphatic rings. The van der Waals surface area contributed by atoms with Crippen LogP contribution >= 0.6 is 0 Å². The van der Waals surface area contributed by atoms with Crippen LogP contribution in [0.5, 0.6) is 0 Å². The van der Waals surface area contributed by atoms with Crippen LogP contribution in [-0.4, -0.2) is 28.5 Å². The van der Waals surface area contributed by atoms with Gasteiger partial charge in [-0.15, -0.1) is 0 Å². The van der Waals surface area contributed by atoms with E-state index >= 15 is 0 Å². The molecule has 126 valence electrons. The highest BCUT2D eigenvalue weighted by Crippen LogP contribution is 2.29. The summed E-state index contributed by atoms with van der Waals surface area (Å²) in [5, 5.41) is 21.7. The van der Waals surface area contributed by atoms with Crippen molar-refractivity contribution in [2.75, 3.05) is 11.1 Å². The topological polar surface area (TPSA) is 121 Å². The van der Waals surface area contributed by atoms with Gasteiger partial charge in [-0.3, -0.25) is 0 Å². The number of anilines is 2. The molecule has 0 spiro atoms. The van der Waals surface area contributed by atoms with Crippen molar-refractivity contribution in [1.29, 1.82) is 5.41 Å². The molecule has 2 aromatic rings. The van der Waals surface area contributed by atoms with E-state index in [-0.39, 0.29) is 12.1 Å². The SMILES string of the molecule is N=C/C=C(\N)c1ccc2c(NC3CCCCC3O)cc(N)nc2c1. The number of hydrogen-bond donors (Lipinski definition) is 5. The highest BCUT2D eigenvalue weighted by atomic mass is 16.3. The summed E-state index contributed by atoms with van der Waals surface area (Å²) >= 11 is 0. The minimum Gasteiger partial charge on any atom is -0.398 e. The number of fused-ring (bicyclic) bond motifs is 1. The number of nitrogens with two attached hydrogens (primary N) is 2. The van der Waals surface area contributed by atoms with Gasteiger partial charge in [0.25, 0.3) is 0 Å². The van der Waals surface area contributed by atoms with E-state index in [1.807, 2.05) is 18.2 Å². The van der Waals surface area contributed by atoms with E-state index in [0.29, 0.717) is 11.5 Å². The quantitative estimate of drug-likeness (QED) is 0.553. The Kier molecular flexibility index (Phi) is 4.66. The zero-order chi connectivity index (χ0) is 17.1. The van der Waals surface area contributed by atoms with Gasteiger partial charge in [0.15, 0.2) is 0 Å². The van der Waals surface area contributed by atoms with Crippen molar-refractivity contribution in [3.8, 4) is 0 Å². The van der Waals surface area contributed by atoms with Crippen molar-refractivity contribution in [3.63, 3.8) is 0 Å². The van der Waals surface area contributed by atoms with Crippen LogP contribution in [0.2, 0.25) is 0 Å². The second-order valence-corrected chi connectivity index (χ2v) is 6.22. The highest BCUT2D eigenvalue weighted by molar-refractivity contribution is 5.95. The van der Waals surface area contributed by atoms with Gasteiger partial charge in [-0.05, 0) is 30.5 Å². The van der Waals surface area contributed by atoms with E-state index < -0.39 is 0 Å². The van der Waals surface area contributed by atoms with Gasteiger partial charge in [-0.25, -0.2) is 4.98 Å². The Hall–Kier alpha value is -2.60. The van der Waals surface area contributed by atoms with Gasteiger partial charge in [-0.1, -0.05) is 25.0 Å². The van der Waals surface area contributed by atoms with Crippen LogP contribution in [0.1, 0.15) is 31.2 Å². The molecule has 0 aliphatic heterocycles. The van der Waals surface area contributed by atoms with Crippen molar-refractivity contribution >= 4 is 34.3 Å². The lowest BCUT2D eigenvalue weighted by Crippen LogP contribution is -2.36. The molecule has 1 aliphatic carbocycles.